The molecule has 0 aliphatic carbocycles. The number of aryl methyl sites for hydroxylation is 1. The van der Waals surface area contributed by atoms with E-state index in [-0.39, 0.29) is 37.6 Å². The maximum atomic E-state index is 13.3. The minimum Gasteiger partial charge on any atom is -0.346 e. The summed E-state index contributed by atoms with van der Waals surface area (Å²) < 4.78 is 51.1. The van der Waals surface area contributed by atoms with Gasteiger partial charge >= 0.3 is 0 Å². The molecule has 0 amide bonds. The first-order valence-corrected chi connectivity index (χ1v) is 10.5. The summed E-state index contributed by atoms with van der Waals surface area (Å²) in [5.74, 6) is -0.731. The average Bonchev–Trinajstić information content (AvgIpc) is 3.23. The number of halogens is 2. The van der Waals surface area contributed by atoms with Crippen LogP contribution in [-0.4, -0.2) is 34.1 Å². The summed E-state index contributed by atoms with van der Waals surface area (Å²) in [5.41, 5.74) is -0.578. The van der Waals surface area contributed by atoms with Crippen LogP contribution in [0.1, 0.15) is 25.9 Å². The predicted octanol–water partition coefficient (Wildman–Crippen LogP) is 4.00. The third kappa shape index (κ3) is 3.74. The van der Waals surface area contributed by atoms with Crippen LogP contribution >= 0.6 is 23.2 Å². The number of sulfonamides is 1. The van der Waals surface area contributed by atoms with Crippen LogP contribution in [0, 0.1) is 6.85 Å². The highest BCUT2D eigenvalue weighted by molar-refractivity contribution is 7.92. The number of rotatable bonds is 5. The fourth-order valence-electron chi connectivity index (χ4n) is 2.74. The van der Waals surface area contributed by atoms with Gasteiger partial charge in [0.05, 0.1) is 20.6 Å². The topological polar surface area (TPSA) is 118 Å². The molecule has 0 unspecified atom stereocenters. The van der Waals surface area contributed by atoms with Gasteiger partial charge in [0.2, 0.25) is 5.78 Å². The Hall–Kier alpha value is -3.01. The number of carbonyl (C=O) groups is 1. The number of ketones is 1. The van der Waals surface area contributed by atoms with E-state index in [1.165, 1.54) is 18.5 Å². The highest BCUT2D eigenvalue weighted by Crippen LogP contribution is 2.28. The van der Waals surface area contributed by atoms with Gasteiger partial charge in [0.25, 0.3) is 10.0 Å². The number of anilines is 1. The van der Waals surface area contributed by atoms with Crippen molar-refractivity contribution in [1.29, 1.82) is 0 Å². The minimum absolute atomic E-state index is 0.000967. The molecule has 11 heteroatoms. The molecule has 0 aliphatic rings. The van der Waals surface area contributed by atoms with E-state index in [9.17, 15) is 13.2 Å². The average molecular weight is 465 g/mol. The van der Waals surface area contributed by atoms with Gasteiger partial charge in [-0.15, -0.1) is 0 Å². The van der Waals surface area contributed by atoms with Crippen LogP contribution in [0.4, 0.5) is 5.69 Å². The van der Waals surface area contributed by atoms with Gasteiger partial charge < -0.3 is 4.98 Å². The molecule has 0 saturated carbocycles. The molecule has 0 radical (unpaired) electrons. The number of benzene rings is 1. The van der Waals surface area contributed by atoms with Crippen LogP contribution in [-0.2, 0) is 10.0 Å². The monoisotopic (exact) mass is 464 g/mol. The number of nitrogens with one attached hydrogen (secondary N) is 2. The summed E-state index contributed by atoms with van der Waals surface area (Å²) in [6.07, 6.45) is 3.73. The van der Waals surface area contributed by atoms with Crippen LogP contribution in [0.5, 0.6) is 0 Å². The van der Waals surface area contributed by atoms with Gasteiger partial charge in [-0.2, -0.15) is 0 Å². The van der Waals surface area contributed by atoms with Crippen molar-refractivity contribution in [3.63, 3.8) is 0 Å². The summed E-state index contributed by atoms with van der Waals surface area (Å²) in [4.78, 5) is 27.9. The third-order valence-electron chi connectivity index (χ3n) is 4.12. The lowest BCUT2D eigenvalue weighted by molar-refractivity contribution is 0.103. The van der Waals surface area contributed by atoms with Gasteiger partial charge in [0, 0.05) is 21.9 Å². The van der Waals surface area contributed by atoms with E-state index in [4.69, 9.17) is 27.3 Å². The molecule has 0 bridgehead atoms. The van der Waals surface area contributed by atoms with Crippen molar-refractivity contribution in [1.82, 2.24) is 19.9 Å². The standard InChI is InChI=1S/C19H13Cl2N5O3S/c1-10-6-15(26-30(28,29)11-2-3-13(20)14(21)7-11)17(23-8-10)18(27)16-12-4-5-22-19(12)25-9-24-16/h2-9,26H,1H3,(H,22,24,25)/i1D3. The molecule has 0 saturated heterocycles. The molecule has 0 spiro atoms. The van der Waals surface area contributed by atoms with Crippen LogP contribution in [0.25, 0.3) is 11.0 Å². The Morgan fingerprint density at radius 3 is 2.70 bits per heavy atom. The Morgan fingerprint density at radius 2 is 1.93 bits per heavy atom. The van der Waals surface area contributed by atoms with Gasteiger partial charge in [-0.25, -0.2) is 18.4 Å². The first kappa shape index (κ1) is 16.8. The van der Waals surface area contributed by atoms with Crippen molar-refractivity contribution >= 4 is 55.7 Å². The van der Waals surface area contributed by atoms with E-state index < -0.39 is 22.7 Å². The lowest BCUT2D eigenvalue weighted by Crippen LogP contribution is -2.18. The second kappa shape index (κ2) is 7.67. The molecular weight excluding hydrogens is 449 g/mol. The van der Waals surface area contributed by atoms with Crippen molar-refractivity contribution in [2.75, 3.05) is 4.72 Å². The van der Waals surface area contributed by atoms with Crippen molar-refractivity contribution in [2.24, 2.45) is 0 Å². The highest BCUT2D eigenvalue weighted by atomic mass is 35.5. The van der Waals surface area contributed by atoms with Crippen molar-refractivity contribution in [3.8, 4) is 0 Å². The summed E-state index contributed by atoms with van der Waals surface area (Å²) in [6, 6.07) is 6.26. The molecule has 4 aromatic rings. The fourth-order valence-corrected chi connectivity index (χ4v) is 4.18. The van der Waals surface area contributed by atoms with Gasteiger partial charge in [-0.1, -0.05) is 23.2 Å². The van der Waals surface area contributed by atoms with Gasteiger partial charge in [-0.05, 0) is 42.7 Å². The summed E-state index contributed by atoms with van der Waals surface area (Å²) in [6.45, 7) is -2.60. The maximum absolute atomic E-state index is 13.3. The number of fused-ring (bicyclic) bond motifs is 1. The molecule has 0 fully saturated rings. The SMILES string of the molecule is [2H]C([2H])([2H])c1cnc(C(=O)c2ncnc3[nH]ccc23)c(NS(=O)(=O)c2ccc(Cl)c(Cl)c2)c1. The van der Waals surface area contributed by atoms with Gasteiger partial charge in [0.1, 0.15) is 23.4 Å². The van der Waals surface area contributed by atoms with E-state index in [0.717, 1.165) is 18.3 Å². The second-order valence-corrected chi connectivity index (χ2v) is 8.59. The smallest absolute Gasteiger partial charge is 0.262 e. The molecule has 0 atom stereocenters. The summed E-state index contributed by atoms with van der Waals surface area (Å²) in [5, 5.41) is 0.542. The molecular formula is C19H13Cl2N5O3S. The first-order chi connectivity index (χ1) is 15.5. The fraction of sp³-hybridized carbons (Fsp3) is 0.0526. The van der Waals surface area contributed by atoms with Crippen molar-refractivity contribution in [2.45, 2.75) is 11.7 Å². The van der Waals surface area contributed by atoms with E-state index in [1.54, 1.807) is 12.3 Å². The van der Waals surface area contributed by atoms with E-state index in [0.29, 0.717) is 11.0 Å². The maximum Gasteiger partial charge on any atom is 0.262 e. The minimum atomic E-state index is -4.29. The Bertz CT molecular complexity index is 1510. The molecule has 152 valence electrons. The molecule has 2 N–H and O–H groups in total. The van der Waals surface area contributed by atoms with E-state index in [2.05, 4.69) is 24.7 Å². The zero-order valence-corrected chi connectivity index (χ0v) is 17.2. The Kier molecular flexibility index (Phi) is 4.28. The third-order valence-corrected chi connectivity index (χ3v) is 6.22. The van der Waals surface area contributed by atoms with Crippen LogP contribution in [0.2, 0.25) is 10.0 Å². The van der Waals surface area contributed by atoms with Crippen LogP contribution in [0.3, 0.4) is 0 Å². The second-order valence-electron chi connectivity index (χ2n) is 6.09. The largest absolute Gasteiger partial charge is 0.346 e. The summed E-state index contributed by atoms with van der Waals surface area (Å²) >= 11 is 11.8. The number of aromatic amines is 1. The number of H-pyrrole nitrogens is 1. The van der Waals surface area contributed by atoms with Gasteiger partial charge in [0.15, 0.2) is 0 Å². The molecule has 4 rings (SSSR count). The number of carbonyl (C=O) groups excluding carboxylic acids is 1. The molecule has 3 heterocycles. The van der Waals surface area contributed by atoms with Crippen molar-refractivity contribution < 1.29 is 17.3 Å². The van der Waals surface area contributed by atoms with Gasteiger partial charge in [-0.3, -0.25) is 14.5 Å². The Balaban J connectivity index is 1.84. The number of aromatic nitrogens is 4. The number of nitrogens with zero attached hydrogens (tertiary/aromatic N) is 3. The molecule has 0 aliphatic heterocycles. The van der Waals surface area contributed by atoms with Crippen LogP contribution < -0.4 is 4.72 Å². The predicted molar refractivity (Wildman–Crippen MR) is 114 cm³/mol. The normalized spacial score (nSPS) is 13.5. The molecule has 30 heavy (non-hydrogen) atoms. The number of hydrogen-bond acceptors (Lipinski definition) is 6. The molecule has 1 aromatic carbocycles. The lowest BCUT2D eigenvalue weighted by atomic mass is 10.1. The van der Waals surface area contributed by atoms with Crippen molar-refractivity contribution in [3.05, 3.63) is 76.0 Å². The van der Waals surface area contributed by atoms with Crippen LogP contribution in [0.15, 0.2) is 53.9 Å². The molecule has 3 aromatic heterocycles. The Labute approximate surface area is 185 Å². The quantitative estimate of drug-likeness (QED) is 0.430. The number of hydrogen-bond donors (Lipinski definition) is 2. The Morgan fingerprint density at radius 1 is 1.10 bits per heavy atom. The summed E-state index contributed by atoms with van der Waals surface area (Å²) in [7, 11) is -4.29. The zero-order chi connectivity index (χ0) is 24.0. The lowest BCUT2D eigenvalue weighted by Gasteiger charge is -2.13. The number of pyridine rings is 1. The van der Waals surface area contributed by atoms with E-state index in [1.807, 2.05) is 0 Å². The zero-order valence-electron chi connectivity index (χ0n) is 17.8. The first-order valence-electron chi connectivity index (χ1n) is 9.78. The highest BCUT2D eigenvalue weighted by Gasteiger charge is 2.24. The molecule has 8 nitrogen and oxygen atoms in total. The van der Waals surface area contributed by atoms with E-state index >= 15 is 0 Å².